The van der Waals surface area contributed by atoms with Crippen LogP contribution in [0.2, 0.25) is 0 Å². The minimum absolute atomic E-state index is 0.154. The summed E-state index contributed by atoms with van der Waals surface area (Å²) < 4.78 is 6.06. The maximum atomic E-state index is 11.0. The highest BCUT2D eigenvalue weighted by atomic mass is 79.9. The molecule has 0 bridgehead atoms. The molecule has 0 saturated carbocycles. The Balaban J connectivity index is 3.02. The fraction of sp³-hybridized carbons (Fsp3) is 0.143. The van der Waals surface area contributed by atoms with Gasteiger partial charge in [0.05, 0.1) is 8.26 Å². The summed E-state index contributed by atoms with van der Waals surface area (Å²) in [6.45, 7) is -0.526. The Morgan fingerprint density at radius 3 is 2.53 bits per heavy atom. The molecule has 3 N–H and O–H groups in total. The highest BCUT2D eigenvalue weighted by Crippen LogP contribution is 2.42. The van der Waals surface area contributed by atoms with Gasteiger partial charge in [-0.15, -0.1) is 11.3 Å². The number of nitrogens with two attached hydrogens (primary N) is 1. The van der Waals surface area contributed by atoms with Crippen molar-refractivity contribution in [2.45, 2.75) is 0 Å². The van der Waals surface area contributed by atoms with Crippen molar-refractivity contribution in [3.8, 4) is 5.75 Å². The lowest BCUT2D eigenvalue weighted by Crippen LogP contribution is -2.14. The Bertz CT molecular complexity index is 417. The van der Waals surface area contributed by atoms with Gasteiger partial charge >= 0.3 is 5.97 Å². The molecule has 0 aliphatic carbocycles. The van der Waals surface area contributed by atoms with E-state index in [9.17, 15) is 9.59 Å². The second-order valence-corrected chi connectivity index (χ2v) is 5.53. The summed E-state index contributed by atoms with van der Waals surface area (Å²) in [5.74, 6) is -1.63. The number of carbonyl (C=O) groups is 2. The number of hydrogen-bond acceptors (Lipinski definition) is 4. The van der Waals surface area contributed by atoms with Crippen LogP contribution in [0.3, 0.4) is 0 Å². The van der Waals surface area contributed by atoms with Crippen molar-refractivity contribution in [2.24, 2.45) is 5.73 Å². The van der Waals surface area contributed by atoms with Crippen molar-refractivity contribution in [1.29, 1.82) is 0 Å². The van der Waals surface area contributed by atoms with Gasteiger partial charge in [-0.05, 0) is 31.9 Å². The quantitative estimate of drug-likeness (QED) is 0.859. The highest BCUT2D eigenvalue weighted by molar-refractivity contribution is 9.13. The van der Waals surface area contributed by atoms with Gasteiger partial charge in [0.15, 0.2) is 12.4 Å². The summed E-state index contributed by atoms with van der Waals surface area (Å²) in [5.41, 5.74) is 5.11. The number of carboxylic acid groups (broad SMARTS) is 1. The van der Waals surface area contributed by atoms with Crippen molar-refractivity contribution in [3.63, 3.8) is 0 Å². The van der Waals surface area contributed by atoms with Gasteiger partial charge in [0.2, 0.25) is 0 Å². The zero-order chi connectivity index (χ0) is 11.6. The Morgan fingerprint density at radius 2 is 2.07 bits per heavy atom. The van der Waals surface area contributed by atoms with E-state index in [-0.39, 0.29) is 10.6 Å². The predicted molar refractivity (Wildman–Crippen MR) is 61.4 cm³/mol. The molecule has 8 heteroatoms. The SMILES string of the molecule is NC(=O)c1sc(Br)c(Br)c1OCC(=O)O. The number of amides is 1. The van der Waals surface area contributed by atoms with Crippen LogP contribution in [0.15, 0.2) is 8.26 Å². The molecular formula is C7H5Br2NO4S. The monoisotopic (exact) mass is 357 g/mol. The molecular weight excluding hydrogens is 354 g/mol. The summed E-state index contributed by atoms with van der Waals surface area (Å²) in [4.78, 5) is 21.5. The molecule has 0 radical (unpaired) electrons. The first-order valence-corrected chi connectivity index (χ1v) is 5.96. The Morgan fingerprint density at radius 1 is 1.47 bits per heavy atom. The zero-order valence-electron chi connectivity index (χ0n) is 7.12. The number of thiophene rings is 1. The van der Waals surface area contributed by atoms with E-state index >= 15 is 0 Å². The second-order valence-electron chi connectivity index (χ2n) is 2.39. The first-order valence-electron chi connectivity index (χ1n) is 3.55. The molecule has 0 aliphatic rings. The van der Waals surface area contributed by atoms with E-state index in [1.807, 2.05) is 0 Å². The van der Waals surface area contributed by atoms with Crippen molar-refractivity contribution in [1.82, 2.24) is 0 Å². The molecule has 0 saturated heterocycles. The van der Waals surface area contributed by atoms with Gasteiger partial charge in [-0.25, -0.2) is 4.79 Å². The molecule has 1 aromatic rings. The van der Waals surface area contributed by atoms with Gasteiger partial charge in [-0.3, -0.25) is 4.79 Å². The molecule has 15 heavy (non-hydrogen) atoms. The van der Waals surface area contributed by atoms with E-state index < -0.39 is 18.5 Å². The van der Waals surface area contributed by atoms with Crippen LogP contribution in [-0.4, -0.2) is 23.6 Å². The minimum atomic E-state index is -1.13. The number of carbonyl (C=O) groups excluding carboxylic acids is 1. The average Bonchev–Trinajstić information content (AvgIpc) is 2.41. The Labute approximate surface area is 105 Å². The maximum Gasteiger partial charge on any atom is 0.341 e. The van der Waals surface area contributed by atoms with E-state index in [2.05, 4.69) is 31.9 Å². The molecule has 0 aromatic carbocycles. The summed E-state index contributed by atoms with van der Waals surface area (Å²) in [7, 11) is 0. The summed E-state index contributed by atoms with van der Waals surface area (Å²) >= 11 is 7.41. The fourth-order valence-electron chi connectivity index (χ4n) is 0.795. The lowest BCUT2D eigenvalue weighted by molar-refractivity contribution is -0.139. The standard InChI is InChI=1S/C7H5Br2NO4S/c8-3-4(14-1-2(11)12)5(7(10)13)15-6(3)9/h1H2,(H2,10,13)(H,11,12). The van der Waals surface area contributed by atoms with Gasteiger partial charge in [0.25, 0.3) is 5.91 Å². The van der Waals surface area contributed by atoms with Crippen molar-refractivity contribution < 1.29 is 19.4 Å². The average molecular weight is 359 g/mol. The molecule has 82 valence electrons. The molecule has 0 aliphatic heterocycles. The van der Waals surface area contributed by atoms with E-state index in [0.29, 0.717) is 8.26 Å². The molecule has 0 unspecified atom stereocenters. The van der Waals surface area contributed by atoms with Crippen LogP contribution in [0.1, 0.15) is 9.67 Å². The molecule has 1 rings (SSSR count). The van der Waals surface area contributed by atoms with E-state index in [1.54, 1.807) is 0 Å². The van der Waals surface area contributed by atoms with Crippen molar-refractivity contribution in [2.75, 3.05) is 6.61 Å². The molecule has 5 nitrogen and oxygen atoms in total. The number of primary amides is 1. The third-order valence-electron chi connectivity index (χ3n) is 1.33. The first-order chi connectivity index (χ1) is 6.93. The Kier molecular flexibility index (Phi) is 4.12. The molecule has 1 amide bonds. The predicted octanol–water partition coefficient (Wildman–Crippen LogP) is 1.84. The topological polar surface area (TPSA) is 89.6 Å². The largest absolute Gasteiger partial charge is 0.479 e. The zero-order valence-corrected chi connectivity index (χ0v) is 11.1. The molecule has 0 atom stereocenters. The normalized spacial score (nSPS) is 10.0. The molecule has 0 fully saturated rings. The van der Waals surface area contributed by atoms with Crippen LogP contribution in [0.25, 0.3) is 0 Å². The third-order valence-corrected chi connectivity index (χ3v) is 4.74. The van der Waals surface area contributed by atoms with Crippen LogP contribution in [0.4, 0.5) is 0 Å². The molecule has 1 heterocycles. The van der Waals surface area contributed by atoms with Crippen LogP contribution >= 0.6 is 43.2 Å². The molecule has 1 aromatic heterocycles. The van der Waals surface area contributed by atoms with Crippen LogP contribution in [0.5, 0.6) is 5.75 Å². The number of ether oxygens (including phenoxy) is 1. The van der Waals surface area contributed by atoms with E-state index in [1.165, 1.54) is 0 Å². The number of hydrogen-bond donors (Lipinski definition) is 2. The highest BCUT2D eigenvalue weighted by Gasteiger charge is 2.20. The van der Waals surface area contributed by atoms with Gasteiger partial charge in [-0.1, -0.05) is 0 Å². The van der Waals surface area contributed by atoms with Gasteiger partial charge in [-0.2, -0.15) is 0 Å². The number of halogens is 2. The van der Waals surface area contributed by atoms with E-state index in [4.69, 9.17) is 15.6 Å². The molecule has 0 spiro atoms. The lowest BCUT2D eigenvalue weighted by Gasteiger charge is -2.02. The maximum absolute atomic E-state index is 11.0. The second kappa shape index (κ2) is 4.95. The minimum Gasteiger partial charge on any atom is -0.479 e. The number of rotatable bonds is 4. The summed E-state index contributed by atoms with van der Waals surface area (Å²) in [6, 6.07) is 0. The number of carboxylic acids is 1. The summed E-state index contributed by atoms with van der Waals surface area (Å²) in [5, 5.41) is 8.44. The fourth-order valence-corrected chi connectivity index (χ4v) is 2.86. The van der Waals surface area contributed by atoms with Crippen LogP contribution < -0.4 is 10.5 Å². The van der Waals surface area contributed by atoms with Gasteiger partial charge in [0, 0.05) is 0 Å². The summed E-state index contributed by atoms with van der Waals surface area (Å²) in [6.07, 6.45) is 0. The first kappa shape index (κ1) is 12.5. The lowest BCUT2D eigenvalue weighted by atomic mass is 10.4. The van der Waals surface area contributed by atoms with Crippen LogP contribution in [0, 0.1) is 0 Å². The third kappa shape index (κ3) is 2.93. The van der Waals surface area contributed by atoms with Crippen molar-refractivity contribution >= 4 is 55.1 Å². The van der Waals surface area contributed by atoms with Crippen LogP contribution in [-0.2, 0) is 4.79 Å². The van der Waals surface area contributed by atoms with Crippen molar-refractivity contribution in [3.05, 3.63) is 13.1 Å². The Hall–Kier alpha value is -0.600. The van der Waals surface area contributed by atoms with Gasteiger partial charge in [0.1, 0.15) is 4.88 Å². The van der Waals surface area contributed by atoms with Gasteiger partial charge < -0.3 is 15.6 Å². The van der Waals surface area contributed by atoms with E-state index in [0.717, 1.165) is 11.3 Å². The number of aliphatic carboxylic acids is 1. The smallest absolute Gasteiger partial charge is 0.341 e.